The van der Waals surface area contributed by atoms with Crippen molar-refractivity contribution >= 4 is 30.2 Å². The van der Waals surface area contributed by atoms with Crippen LogP contribution in [0.4, 0.5) is 0 Å². The van der Waals surface area contributed by atoms with E-state index >= 15 is 0 Å². The molecule has 6 aliphatic rings. The number of fused-ring (bicyclic) bond motifs is 2. The molecule has 2 heterocycles. The van der Waals surface area contributed by atoms with Gasteiger partial charge in [-0.2, -0.15) is 0 Å². The molecular weight excluding hydrogens is 418 g/mol. The van der Waals surface area contributed by atoms with Gasteiger partial charge in [0.2, 0.25) is 11.8 Å². The molecule has 2 aliphatic heterocycles. The van der Waals surface area contributed by atoms with Gasteiger partial charge in [0.15, 0.2) is 0 Å². The fraction of sp³-hybridized carbons (Fsp3) is 0.783. The van der Waals surface area contributed by atoms with E-state index in [9.17, 15) is 14.4 Å². The van der Waals surface area contributed by atoms with Crippen LogP contribution in [-0.4, -0.2) is 41.0 Å². The van der Waals surface area contributed by atoms with Gasteiger partial charge in [-0.05, 0) is 57.8 Å². The van der Waals surface area contributed by atoms with Gasteiger partial charge < -0.3 is 21.5 Å². The quantitative estimate of drug-likeness (QED) is 0.357. The average molecular weight is 456 g/mol. The standard InChI is InChI=1S/C6H11NO2.2C6H9NO.C5H8.ClH/c7-5-3-1-2-4(5)6(8)9;2*8-6-4-2-1-3-5(4)7-6;1-2-4-5-3-1;/h4-5H,1-3,7H2,(H,8,9);2*4-5H,1-3H2,(H,7,8);1-2H,3-5H2;1H/t3*4-,5+;;/m000../s1. The van der Waals surface area contributed by atoms with Crippen LogP contribution in [0.2, 0.25) is 0 Å². The molecule has 6 rings (SSSR count). The normalized spacial score (nSPS) is 35.5. The van der Waals surface area contributed by atoms with Crippen LogP contribution in [-0.2, 0) is 14.4 Å². The maximum absolute atomic E-state index is 10.6. The second-order valence-electron chi connectivity index (χ2n) is 9.25. The van der Waals surface area contributed by atoms with E-state index < -0.39 is 5.97 Å². The summed E-state index contributed by atoms with van der Waals surface area (Å²) >= 11 is 0. The van der Waals surface area contributed by atoms with Crippen molar-refractivity contribution in [2.24, 2.45) is 23.5 Å². The lowest BCUT2D eigenvalue weighted by Crippen LogP contribution is -2.54. The highest BCUT2D eigenvalue weighted by Gasteiger charge is 2.42. The van der Waals surface area contributed by atoms with Crippen LogP contribution >= 0.6 is 12.4 Å². The lowest BCUT2D eigenvalue weighted by Gasteiger charge is -2.30. The molecule has 4 aliphatic carbocycles. The molecule has 5 fully saturated rings. The Kier molecular flexibility index (Phi) is 10.3. The van der Waals surface area contributed by atoms with Crippen LogP contribution in [0.5, 0.6) is 0 Å². The maximum Gasteiger partial charge on any atom is 0.308 e. The highest BCUT2D eigenvalue weighted by atomic mass is 35.5. The molecule has 0 aromatic rings. The van der Waals surface area contributed by atoms with Gasteiger partial charge in [-0.25, -0.2) is 0 Å². The molecule has 0 bridgehead atoms. The molecule has 3 saturated carbocycles. The van der Waals surface area contributed by atoms with Crippen molar-refractivity contribution in [3.05, 3.63) is 12.2 Å². The number of carboxylic acids is 1. The summed E-state index contributed by atoms with van der Waals surface area (Å²) in [5.74, 6) is 0.384. The summed E-state index contributed by atoms with van der Waals surface area (Å²) in [6, 6.07) is 1.05. The summed E-state index contributed by atoms with van der Waals surface area (Å²) in [4.78, 5) is 31.5. The number of amides is 2. The molecule has 6 atom stereocenters. The number of allylic oxidation sites excluding steroid dienone is 2. The number of halogens is 1. The molecule has 2 saturated heterocycles. The monoisotopic (exact) mass is 455 g/mol. The van der Waals surface area contributed by atoms with Gasteiger partial charge in [-0.3, -0.25) is 14.4 Å². The van der Waals surface area contributed by atoms with E-state index in [0.29, 0.717) is 23.9 Å². The van der Waals surface area contributed by atoms with Crippen molar-refractivity contribution in [2.45, 2.75) is 95.2 Å². The zero-order valence-corrected chi connectivity index (χ0v) is 19.1. The number of rotatable bonds is 1. The minimum Gasteiger partial charge on any atom is -0.481 e. The predicted octanol–water partition coefficient (Wildman–Crippen LogP) is 2.92. The lowest BCUT2D eigenvalue weighted by molar-refractivity contribution is -0.142. The Bertz CT molecular complexity index is 619. The third kappa shape index (κ3) is 6.94. The molecule has 0 aromatic heterocycles. The van der Waals surface area contributed by atoms with Crippen molar-refractivity contribution in [3.8, 4) is 0 Å². The number of aliphatic carboxylic acids is 1. The Morgan fingerprint density at radius 3 is 1.52 bits per heavy atom. The van der Waals surface area contributed by atoms with Gasteiger partial charge in [0.05, 0.1) is 17.8 Å². The van der Waals surface area contributed by atoms with Gasteiger partial charge >= 0.3 is 5.97 Å². The summed E-state index contributed by atoms with van der Waals surface area (Å²) in [5.41, 5.74) is 5.50. The second kappa shape index (κ2) is 12.4. The van der Waals surface area contributed by atoms with E-state index in [1.54, 1.807) is 0 Å². The minimum atomic E-state index is -0.736. The first-order chi connectivity index (χ1) is 14.5. The average Bonchev–Trinajstić information content (AvgIpc) is 3.49. The van der Waals surface area contributed by atoms with Crippen LogP contribution in [0.1, 0.15) is 77.0 Å². The van der Waals surface area contributed by atoms with Crippen molar-refractivity contribution in [1.29, 1.82) is 0 Å². The van der Waals surface area contributed by atoms with Crippen molar-refractivity contribution < 1.29 is 19.5 Å². The van der Waals surface area contributed by atoms with Crippen LogP contribution in [0.15, 0.2) is 12.2 Å². The van der Waals surface area contributed by atoms with E-state index in [0.717, 1.165) is 32.1 Å². The summed E-state index contributed by atoms with van der Waals surface area (Å²) in [6.07, 6.45) is 18.3. The Labute approximate surface area is 191 Å². The lowest BCUT2D eigenvalue weighted by atomic mass is 9.95. The molecule has 0 aromatic carbocycles. The third-order valence-corrected chi connectivity index (χ3v) is 7.16. The van der Waals surface area contributed by atoms with E-state index in [1.807, 2.05) is 0 Å². The van der Waals surface area contributed by atoms with Gasteiger partial charge in [-0.15, -0.1) is 12.4 Å². The highest BCUT2D eigenvalue weighted by Crippen LogP contribution is 2.32. The molecule has 5 N–H and O–H groups in total. The number of hydrogen-bond acceptors (Lipinski definition) is 4. The number of hydrogen-bond donors (Lipinski definition) is 4. The first-order valence-corrected chi connectivity index (χ1v) is 11.7. The number of carboxylic acid groups (broad SMARTS) is 1. The Balaban J connectivity index is 0.000000148. The number of nitrogens with two attached hydrogens (primary N) is 1. The zero-order valence-electron chi connectivity index (χ0n) is 18.3. The van der Waals surface area contributed by atoms with Gasteiger partial charge in [-0.1, -0.05) is 31.4 Å². The van der Waals surface area contributed by atoms with Gasteiger partial charge in [0.1, 0.15) is 0 Å². The number of carbonyl (C=O) groups excluding carboxylic acids is 2. The minimum absolute atomic E-state index is 0. The predicted molar refractivity (Wildman–Crippen MR) is 122 cm³/mol. The molecule has 176 valence electrons. The Morgan fingerprint density at radius 2 is 1.29 bits per heavy atom. The number of carbonyl (C=O) groups is 3. The molecule has 31 heavy (non-hydrogen) atoms. The van der Waals surface area contributed by atoms with E-state index in [4.69, 9.17) is 10.8 Å². The molecule has 0 unspecified atom stereocenters. The first-order valence-electron chi connectivity index (χ1n) is 11.7. The summed E-state index contributed by atoms with van der Waals surface area (Å²) < 4.78 is 0. The topological polar surface area (TPSA) is 122 Å². The molecule has 8 heteroatoms. The second-order valence-corrected chi connectivity index (χ2v) is 9.25. The van der Waals surface area contributed by atoms with Crippen LogP contribution in [0.25, 0.3) is 0 Å². The Morgan fingerprint density at radius 1 is 0.806 bits per heavy atom. The molecule has 0 spiro atoms. The number of β-lactam (4-membered cyclic amide) rings is 2. The van der Waals surface area contributed by atoms with Crippen molar-refractivity contribution in [1.82, 2.24) is 10.6 Å². The van der Waals surface area contributed by atoms with Crippen LogP contribution in [0, 0.1) is 17.8 Å². The third-order valence-electron chi connectivity index (χ3n) is 7.16. The Hall–Kier alpha value is -1.60. The maximum atomic E-state index is 10.6. The fourth-order valence-corrected chi connectivity index (χ4v) is 5.16. The summed E-state index contributed by atoms with van der Waals surface area (Å²) in [7, 11) is 0. The van der Waals surface area contributed by atoms with E-state index in [1.165, 1.54) is 44.9 Å². The zero-order chi connectivity index (χ0) is 21.5. The smallest absolute Gasteiger partial charge is 0.308 e. The highest BCUT2D eigenvalue weighted by molar-refractivity contribution is 5.86. The summed E-state index contributed by atoms with van der Waals surface area (Å²) in [5, 5.41) is 14.2. The largest absolute Gasteiger partial charge is 0.481 e. The molecule has 0 radical (unpaired) electrons. The molecule has 2 amide bonds. The fourth-order valence-electron chi connectivity index (χ4n) is 5.16. The van der Waals surface area contributed by atoms with Crippen molar-refractivity contribution in [3.63, 3.8) is 0 Å². The molecular formula is C23H38ClN3O4. The van der Waals surface area contributed by atoms with E-state index in [2.05, 4.69) is 22.8 Å². The van der Waals surface area contributed by atoms with Crippen LogP contribution in [0.3, 0.4) is 0 Å². The van der Waals surface area contributed by atoms with E-state index in [-0.39, 0.29) is 36.2 Å². The van der Waals surface area contributed by atoms with Crippen LogP contribution < -0.4 is 16.4 Å². The summed E-state index contributed by atoms with van der Waals surface area (Å²) in [6.45, 7) is 0. The molecule has 7 nitrogen and oxygen atoms in total. The van der Waals surface area contributed by atoms with Crippen molar-refractivity contribution in [2.75, 3.05) is 0 Å². The number of nitrogens with one attached hydrogen (secondary N) is 2. The first kappa shape index (κ1) is 25.7. The van der Waals surface area contributed by atoms with Gasteiger partial charge in [0.25, 0.3) is 0 Å². The van der Waals surface area contributed by atoms with Gasteiger partial charge in [0, 0.05) is 18.1 Å². The SMILES string of the molecule is C1=CCCC1.Cl.N[C@@H]1CCC[C@@H]1C(=O)O.O=C1N[C@@H]2CCC[C@H]12.O=C1N[C@@H]2CCC[C@H]12.